The van der Waals surface area contributed by atoms with Gasteiger partial charge in [0.15, 0.2) is 0 Å². The van der Waals surface area contributed by atoms with Gasteiger partial charge in [-0.25, -0.2) is 4.98 Å². The SMILES string of the molecule is Cc1cccc(-n2cncc2-c2cnccc2N)c1C#N. The molecule has 0 atom stereocenters. The Hall–Kier alpha value is -3.13. The van der Waals surface area contributed by atoms with Crippen LogP contribution in [0, 0.1) is 18.3 Å². The predicted molar refractivity (Wildman–Crippen MR) is 80.7 cm³/mol. The summed E-state index contributed by atoms with van der Waals surface area (Å²) in [5, 5.41) is 9.39. The number of rotatable bonds is 2. The van der Waals surface area contributed by atoms with Gasteiger partial charge in [0.05, 0.1) is 29.5 Å². The Balaban J connectivity index is 2.24. The normalized spacial score (nSPS) is 10.3. The fourth-order valence-electron chi connectivity index (χ4n) is 2.30. The van der Waals surface area contributed by atoms with E-state index in [1.807, 2.05) is 29.7 Å². The second-order valence-electron chi connectivity index (χ2n) is 4.69. The molecule has 0 aliphatic heterocycles. The summed E-state index contributed by atoms with van der Waals surface area (Å²) < 4.78 is 1.86. The first-order valence-corrected chi connectivity index (χ1v) is 6.44. The zero-order valence-electron chi connectivity index (χ0n) is 11.5. The molecule has 5 heteroatoms. The lowest BCUT2D eigenvalue weighted by molar-refractivity contribution is 1.05. The number of hydrogen-bond donors (Lipinski definition) is 1. The summed E-state index contributed by atoms with van der Waals surface area (Å²) in [6.07, 6.45) is 6.74. The number of aromatic nitrogens is 3. The van der Waals surface area contributed by atoms with E-state index < -0.39 is 0 Å². The van der Waals surface area contributed by atoms with Crippen molar-refractivity contribution in [2.75, 3.05) is 5.73 Å². The molecular weight excluding hydrogens is 262 g/mol. The van der Waals surface area contributed by atoms with Gasteiger partial charge >= 0.3 is 0 Å². The molecule has 0 spiro atoms. The molecule has 0 unspecified atom stereocenters. The zero-order chi connectivity index (χ0) is 14.8. The van der Waals surface area contributed by atoms with E-state index >= 15 is 0 Å². The Morgan fingerprint density at radius 1 is 1.19 bits per heavy atom. The molecule has 0 fully saturated rings. The first kappa shape index (κ1) is 12.9. The first-order valence-electron chi connectivity index (χ1n) is 6.44. The van der Waals surface area contributed by atoms with E-state index in [0.717, 1.165) is 22.5 Å². The number of benzene rings is 1. The molecule has 0 saturated heterocycles. The third-order valence-corrected chi connectivity index (χ3v) is 3.39. The summed E-state index contributed by atoms with van der Waals surface area (Å²) in [7, 11) is 0. The van der Waals surface area contributed by atoms with Crippen LogP contribution in [0.4, 0.5) is 5.69 Å². The van der Waals surface area contributed by atoms with Gasteiger partial charge in [0.2, 0.25) is 0 Å². The largest absolute Gasteiger partial charge is 0.398 e. The summed E-state index contributed by atoms with van der Waals surface area (Å²) >= 11 is 0. The van der Waals surface area contributed by atoms with E-state index in [1.54, 1.807) is 31.0 Å². The van der Waals surface area contributed by atoms with Crippen LogP contribution < -0.4 is 5.73 Å². The highest BCUT2D eigenvalue weighted by Gasteiger charge is 2.13. The van der Waals surface area contributed by atoms with Crippen molar-refractivity contribution in [3.05, 3.63) is 60.3 Å². The van der Waals surface area contributed by atoms with Crippen LogP contribution >= 0.6 is 0 Å². The van der Waals surface area contributed by atoms with Crippen LogP contribution in [0.25, 0.3) is 16.9 Å². The van der Waals surface area contributed by atoms with Crippen LogP contribution in [0.15, 0.2) is 49.2 Å². The third kappa shape index (κ3) is 2.13. The van der Waals surface area contributed by atoms with E-state index in [-0.39, 0.29) is 0 Å². The molecular formula is C16H13N5. The van der Waals surface area contributed by atoms with Gasteiger partial charge in [0.25, 0.3) is 0 Å². The fraction of sp³-hybridized carbons (Fsp3) is 0.0625. The summed E-state index contributed by atoms with van der Waals surface area (Å²) in [4.78, 5) is 8.30. The van der Waals surface area contributed by atoms with Crippen LogP contribution in [0.2, 0.25) is 0 Å². The highest BCUT2D eigenvalue weighted by molar-refractivity contribution is 5.74. The van der Waals surface area contributed by atoms with Crippen molar-refractivity contribution in [3.8, 4) is 23.0 Å². The number of aryl methyl sites for hydroxylation is 1. The number of nitrogens with zero attached hydrogens (tertiary/aromatic N) is 4. The Morgan fingerprint density at radius 2 is 2.05 bits per heavy atom. The molecule has 3 aromatic rings. The van der Waals surface area contributed by atoms with Gasteiger partial charge in [-0.2, -0.15) is 5.26 Å². The van der Waals surface area contributed by atoms with Crippen molar-refractivity contribution in [3.63, 3.8) is 0 Å². The summed E-state index contributed by atoms with van der Waals surface area (Å²) in [6.45, 7) is 1.91. The molecule has 2 aromatic heterocycles. The quantitative estimate of drug-likeness (QED) is 0.779. The van der Waals surface area contributed by atoms with E-state index in [0.29, 0.717) is 11.3 Å². The highest BCUT2D eigenvalue weighted by atomic mass is 15.1. The van der Waals surface area contributed by atoms with Crippen molar-refractivity contribution in [2.24, 2.45) is 0 Å². The van der Waals surface area contributed by atoms with Crippen LogP contribution in [0.3, 0.4) is 0 Å². The van der Waals surface area contributed by atoms with Crippen LogP contribution in [0.1, 0.15) is 11.1 Å². The molecule has 3 rings (SSSR count). The lowest BCUT2D eigenvalue weighted by Crippen LogP contribution is -2.01. The minimum absolute atomic E-state index is 0.623. The van der Waals surface area contributed by atoms with Crippen molar-refractivity contribution in [1.82, 2.24) is 14.5 Å². The molecule has 2 heterocycles. The minimum atomic E-state index is 0.623. The molecule has 1 aromatic carbocycles. The van der Waals surface area contributed by atoms with Crippen LogP contribution in [0.5, 0.6) is 0 Å². The summed E-state index contributed by atoms with van der Waals surface area (Å²) in [5.41, 5.74) is 10.6. The minimum Gasteiger partial charge on any atom is -0.398 e. The maximum absolute atomic E-state index is 9.39. The third-order valence-electron chi connectivity index (χ3n) is 3.39. The van der Waals surface area contributed by atoms with Gasteiger partial charge in [0.1, 0.15) is 6.07 Å². The lowest BCUT2D eigenvalue weighted by atomic mass is 10.1. The summed E-state index contributed by atoms with van der Waals surface area (Å²) in [6, 6.07) is 9.72. The molecule has 21 heavy (non-hydrogen) atoms. The second-order valence-corrected chi connectivity index (χ2v) is 4.69. The number of pyridine rings is 1. The number of nitrogens with two attached hydrogens (primary N) is 1. The number of anilines is 1. The maximum Gasteiger partial charge on any atom is 0.102 e. The monoisotopic (exact) mass is 275 g/mol. The van der Waals surface area contributed by atoms with Gasteiger partial charge in [0, 0.05) is 23.6 Å². The average molecular weight is 275 g/mol. The number of nitrogen functional groups attached to an aromatic ring is 1. The van der Waals surface area contributed by atoms with Gasteiger partial charge in [-0.3, -0.25) is 9.55 Å². The van der Waals surface area contributed by atoms with Crippen molar-refractivity contribution < 1.29 is 0 Å². The van der Waals surface area contributed by atoms with Crippen molar-refractivity contribution in [1.29, 1.82) is 5.26 Å². The predicted octanol–water partition coefficient (Wildman–Crippen LogP) is 2.70. The molecule has 0 aliphatic carbocycles. The Morgan fingerprint density at radius 3 is 2.81 bits per heavy atom. The zero-order valence-corrected chi connectivity index (χ0v) is 11.5. The van der Waals surface area contributed by atoms with Crippen LogP contribution in [-0.4, -0.2) is 14.5 Å². The van der Waals surface area contributed by atoms with Gasteiger partial charge in [-0.15, -0.1) is 0 Å². The second kappa shape index (κ2) is 5.10. The molecule has 0 saturated carbocycles. The maximum atomic E-state index is 9.39. The Kier molecular flexibility index (Phi) is 3.13. The van der Waals surface area contributed by atoms with E-state index in [1.165, 1.54) is 0 Å². The van der Waals surface area contributed by atoms with E-state index in [2.05, 4.69) is 16.0 Å². The first-order chi connectivity index (χ1) is 10.2. The number of hydrogen-bond acceptors (Lipinski definition) is 4. The number of imidazole rings is 1. The topological polar surface area (TPSA) is 80.5 Å². The summed E-state index contributed by atoms with van der Waals surface area (Å²) in [5.74, 6) is 0. The average Bonchev–Trinajstić information content (AvgIpc) is 2.96. The van der Waals surface area contributed by atoms with Gasteiger partial charge < -0.3 is 5.73 Å². The highest BCUT2D eigenvalue weighted by Crippen LogP contribution is 2.28. The molecule has 102 valence electrons. The Labute approximate surface area is 122 Å². The van der Waals surface area contributed by atoms with Crippen molar-refractivity contribution in [2.45, 2.75) is 6.92 Å². The molecule has 2 N–H and O–H groups in total. The molecule has 0 radical (unpaired) electrons. The molecule has 0 bridgehead atoms. The van der Waals surface area contributed by atoms with Gasteiger partial charge in [-0.05, 0) is 24.6 Å². The smallest absolute Gasteiger partial charge is 0.102 e. The lowest BCUT2D eigenvalue weighted by Gasteiger charge is -2.12. The van der Waals surface area contributed by atoms with Gasteiger partial charge in [-0.1, -0.05) is 12.1 Å². The van der Waals surface area contributed by atoms with E-state index in [4.69, 9.17) is 5.73 Å². The number of nitriles is 1. The standard InChI is InChI=1S/C16H13N5/c1-11-3-2-4-15(12(11)7-17)21-10-20-9-16(21)13-8-19-6-5-14(13)18/h2-6,8-10H,1H3,(H2,18,19). The van der Waals surface area contributed by atoms with E-state index in [9.17, 15) is 5.26 Å². The molecule has 0 amide bonds. The Bertz CT molecular complexity index is 842. The fourth-order valence-corrected chi connectivity index (χ4v) is 2.30. The van der Waals surface area contributed by atoms with Crippen molar-refractivity contribution >= 4 is 5.69 Å². The molecule has 0 aliphatic rings. The molecule has 5 nitrogen and oxygen atoms in total. The van der Waals surface area contributed by atoms with Crippen LogP contribution in [-0.2, 0) is 0 Å².